The molecule has 1 fully saturated rings. The van der Waals surface area contributed by atoms with Crippen LogP contribution in [0.25, 0.3) is 0 Å². The molecule has 0 saturated carbocycles. The lowest BCUT2D eigenvalue weighted by atomic mass is 10.0. The van der Waals surface area contributed by atoms with Gasteiger partial charge in [0.15, 0.2) is 0 Å². The Kier molecular flexibility index (Phi) is 8.07. The van der Waals surface area contributed by atoms with Gasteiger partial charge in [-0.3, -0.25) is 14.5 Å². The standard InChI is InChI=1S/C22H26ClN3O4/c1-29-18-7-4-6-16(13-18)20(26-9-11-30-12-10-26)15-25-22(28)21(27)24-14-17-5-2-3-8-19(17)23/h2-8,13,20H,9-12,14-15H2,1H3,(H,24,27)(H,25,28)/t20-/m0/s1. The summed E-state index contributed by atoms with van der Waals surface area (Å²) in [5.74, 6) is -0.626. The van der Waals surface area contributed by atoms with Gasteiger partial charge < -0.3 is 20.1 Å². The molecular weight excluding hydrogens is 406 g/mol. The maximum absolute atomic E-state index is 12.4. The number of nitrogens with zero attached hydrogens (tertiary/aromatic N) is 1. The molecule has 1 saturated heterocycles. The van der Waals surface area contributed by atoms with Crippen molar-refractivity contribution in [3.8, 4) is 5.75 Å². The molecule has 7 nitrogen and oxygen atoms in total. The van der Waals surface area contributed by atoms with Crippen LogP contribution in [0.15, 0.2) is 48.5 Å². The van der Waals surface area contributed by atoms with Gasteiger partial charge in [0.1, 0.15) is 5.75 Å². The fourth-order valence-corrected chi connectivity index (χ4v) is 3.57. The minimum Gasteiger partial charge on any atom is -0.497 e. The highest BCUT2D eigenvalue weighted by atomic mass is 35.5. The van der Waals surface area contributed by atoms with Crippen LogP contribution in [0, 0.1) is 0 Å². The molecule has 3 rings (SSSR count). The normalized spacial score (nSPS) is 15.3. The molecule has 2 amide bonds. The molecule has 1 heterocycles. The lowest BCUT2D eigenvalue weighted by molar-refractivity contribution is -0.139. The van der Waals surface area contributed by atoms with Crippen LogP contribution in [0.1, 0.15) is 17.2 Å². The number of rotatable bonds is 7. The third-order valence-electron chi connectivity index (χ3n) is 5.02. The molecule has 8 heteroatoms. The SMILES string of the molecule is COc1cccc([C@H](CNC(=O)C(=O)NCc2ccccc2Cl)N2CCOCC2)c1. The average molecular weight is 432 g/mol. The van der Waals surface area contributed by atoms with Gasteiger partial charge in [-0.2, -0.15) is 0 Å². The van der Waals surface area contributed by atoms with Crippen molar-refractivity contribution in [2.45, 2.75) is 12.6 Å². The van der Waals surface area contributed by atoms with E-state index in [0.29, 0.717) is 24.8 Å². The van der Waals surface area contributed by atoms with E-state index in [1.54, 1.807) is 19.2 Å². The highest BCUT2D eigenvalue weighted by Gasteiger charge is 2.25. The summed E-state index contributed by atoms with van der Waals surface area (Å²) < 4.78 is 10.8. The maximum atomic E-state index is 12.4. The van der Waals surface area contributed by atoms with Crippen LogP contribution in [-0.2, 0) is 20.9 Å². The zero-order chi connectivity index (χ0) is 21.3. The number of ether oxygens (including phenoxy) is 2. The van der Waals surface area contributed by atoms with Crippen molar-refractivity contribution in [1.29, 1.82) is 0 Å². The van der Waals surface area contributed by atoms with Crippen LogP contribution < -0.4 is 15.4 Å². The van der Waals surface area contributed by atoms with Crippen molar-refractivity contribution in [3.05, 3.63) is 64.7 Å². The fraction of sp³-hybridized carbons (Fsp3) is 0.364. The monoisotopic (exact) mass is 431 g/mol. The fourth-order valence-electron chi connectivity index (χ4n) is 3.36. The van der Waals surface area contributed by atoms with E-state index >= 15 is 0 Å². The Labute approximate surface area is 181 Å². The summed E-state index contributed by atoms with van der Waals surface area (Å²) in [6.45, 7) is 3.24. The molecule has 160 valence electrons. The molecule has 2 N–H and O–H groups in total. The van der Waals surface area contributed by atoms with Crippen LogP contribution in [0.3, 0.4) is 0 Å². The van der Waals surface area contributed by atoms with E-state index in [1.165, 1.54) is 0 Å². The number of hydrogen-bond donors (Lipinski definition) is 2. The minimum absolute atomic E-state index is 0.0932. The van der Waals surface area contributed by atoms with Gasteiger partial charge in [-0.25, -0.2) is 0 Å². The number of hydrogen-bond acceptors (Lipinski definition) is 5. The number of halogens is 1. The molecule has 0 aliphatic carbocycles. The summed E-state index contributed by atoms with van der Waals surface area (Å²) in [5, 5.41) is 5.92. The van der Waals surface area contributed by atoms with Crippen molar-refractivity contribution in [3.63, 3.8) is 0 Å². The zero-order valence-electron chi connectivity index (χ0n) is 16.9. The van der Waals surface area contributed by atoms with Gasteiger partial charge in [-0.15, -0.1) is 0 Å². The molecule has 0 bridgehead atoms. The second-order valence-electron chi connectivity index (χ2n) is 6.92. The van der Waals surface area contributed by atoms with E-state index in [-0.39, 0.29) is 12.6 Å². The summed E-state index contributed by atoms with van der Waals surface area (Å²) >= 11 is 6.09. The number of morpholine rings is 1. The lowest BCUT2D eigenvalue weighted by Gasteiger charge is -2.35. The molecular formula is C22H26ClN3O4. The van der Waals surface area contributed by atoms with Crippen molar-refractivity contribution >= 4 is 23.4 Å². The first-order valence-electron chi connectivity index (χ1n) is 9.83. The van der Waals surface area contributed by atoms with Crippen LogP contribution >= 0.6 is 11.6 Å². The van der Waals surface area contributed by atoms with Crippen LogP contribution in [0.4, 0.5) is 0 Å². The van der Waals surface area contributed by atoms with Crippen LogP contribution in [0.2, 0.25) is 5.02 Å². The third-order valence-corrected chi connectivity index (χ3v) is 5.39. The van der Waals surface area contributed by atoms with Crippen LogP contribution in [-0.4, -0.2) is 56.7 Å². The molecule has 2 aromatic rings. The molecule has 2 aromatic carbocycles. The molecule has 0 spiro atoms. The van der Waals surface area contributed by atoms with E-state index in [0.717, 1.165) is 30.0 Å². The Morgan fingerprint density at radius 1 is 1.10 bits per heavy atom. The summed E-state index contributed by atoms with van der Waals surface area (Å²) in [6.07, 6.45) is 0. The predicted molar refractivity (Wildman–Crippen MR) is 114 cm³/mol. The first kappa shape index (κ1) is 22.1. The van der Waals surface area contributed by atoms with Gasteiger partial charge in [0, 0.05) is 31.2 Å². The first-order valence-corrected chi connectivity index (χ1v) is 10.2. The zero-order valence-corrected chi connectivity index (χ0v) is 17.7. The Bertz CT molecular complexity index is 871. The second kappa shape index (κ2) is 11.0. The number of carbonyl (C=O) groups is 2. The quantitative estimate of drug-likeness (QED) is 0.657. The molecule has 1 atom stereocenters. The Morgan fingerprint density at radius 3 is 2.57 bits per heavy atom. The Morgan fingerprint density at radius 2 is 1.83 bits per heavy atom. The van der Waals surface area contributed by atoms with Crippen molar-refractivity contribution in [1.82, 2.24) is 15.5 Å². The first-order chi connectivity index (χ1) is 14.6. The molecule has 0 unspecified atom stereocenters. The summed E-state index contributed by atoms with van der Waals surface area (Å²) in [7, 11) is 1.62. The smallest absolute Gasteiger partial charge is 0.309 e. The van der Waals surface area contributed by atoms with Crippen molar-refractivity contribution in [2.24, 2.45) is 0 Å². The molecule has 0 radical (unpaired) electrons. The number of carbonyl (C=O) groups excluding carboxylic acids is 2. The second-order valence-corrected chi connectivity index (χ2v) is 7.33. The molecule has 0 aromatic heterocycles. The van der Waals surface area contributed by atoms with E-state index in [4.69, 9.17) is 21.1 Å². The highest BCUT2D eigenvalue weighted by molar-refractivity contribution is 6.35. The molecule has 30 heavy (non-hydrogen) atoms. The van der Waals surface area contributed by atoms with Crippen molar-refractivity contribution in [2.75, 3.05) is 40.0 Å². The van der Waals surface area contributed by atoms with E-state index in [2.05, 4.69) is 15.5 Å². The van der Waals surface area contributed by atoms with E-state index < -0.39 is 11.8 Å². The highest BCUT2D eigenvalue weighted by Crippen LogP contribution is 2.24. The van der Waals surface area contributed by atoms with Gasteiger partial charge in [-0.1, -0.05) is 41.9 Å². The minimum atomic E-state index is -0.693. The summed E-state index contributed by atoms with van der Waals surface area (Å²) in [4.78, 5) is 26.8. The van der Waals surface area contributed by atoms with E-state index in [1.807, 2.05) is 36.4 Å². The van der Waals surface area contributed by atoms with Gasteiger partial charge in [-0.05, 0) is 29.3 Å². The summed E-state index contributed by atoms with van der Waals surface area (Å²) in [6, 6.07) is 14.8. The predicted octanol–water partition coefficient (Wildman–Crippen LogP) is 2.15. The van der Waals surface area contributed by atoms with Crippen LogP contribution in [0.5, 0.6) is 5.75 Å². The van der Waals surface area contributed by atoms with Crippen molar-refractivity contribution < 1.29 is 19.1 Å². The number of benzene rings is 2. The van der Waals surface area contributed by atoms with Gasteiger partial charge in [0.25, 0.3) is 0 Å². The number of nitrogens with one attached hydrogen (secondary N) is 2. The largest absolute Gasteiger partial charge is 0.497 e. The maximum Gasteiger partial charge on any atom is 0.309 e. The van der Waals surface area contributed by atoms with E-state index in [9.17, 15) is 9.59 Å². The van der Waals surface area contributed by atoms with Gasteiger partial charge in [0.05, 0.1) is 26.4 Å². The van der Waals surface area contributed by atoms with Gasteiger partial charge >= 0.3 is 11.8 Å². The Balaban J connectivity index is 1.61. The number of methoxy groups -OCH3 is 1. The topological polar surface area (TPSA) is 79.9 Å². The molecule has 1 aliphatic heterocycles. The van der Waals surface area contributed by atoms with Gasteiger partial charge in [0.2, 0.25) is 0 Å². The summed E-state index contributed by atoms with van der Waals surface area (Å²) in [5.41, 5.74) is 1.76. The third kappa shape index (κ3) is 5.95. The Hall–Kier alpha value is -2.61. The molecule has 1 aliphatic rings. The average Bonchev–Trinajstić information content (AvgIpc) is 2.79. The lowest BCUT2D eigenvalue weighted by Crippen LogP contribution is -2.46. The number of amides is 2.